The van der Waals surface area contributed by atoms with E-state index in [4.69, 9.17) is 0 Å². The molecule has 0 aliphatic heterocycles. The van der Waals surface area contributed by atoms with Gasteiger partial charge in [-0.25, -0.2) is 0 Å². The number of nitrogens with one attached hydrogen (secondary N) is 1. The highest BCUT2D eigenvalue weighted by Gasteiger charge is 2.18. The number of nitrogens with zero attached hydrogens (tertiary/aromatic N) is 4. The van der Waals surface area contributed by atoms with Crippen molar-refractivity contribution >= 4 is 0 Å². The van der Waals surface area contributed by atoms with Gasteiger partial charge in [0, 0.05) is 37.1 Å². The summed E-state index contributed by atoms with van der Waals surface area (Å²) in [6.45, 7) is 10.5. The van der Waals surface area contributed by atoms with Gasteiger partial charge in [0.1, 0.15) is 0 Å². The van der Waals surface area contributed by atoms with Crippen LogP contribution in [0.1, 0.15) is 48.8 Å². The molecule has 0 aromatic carbocycles. The molecule has 0 aliphatic rings. The highest BCUT2D eigenvalue weighted by Crippen LogP contribution is 2.22. The Morgan fingerprint density at radius 1 is 1.29 bits per heavy atom. The first-order valence-corrected chi connectivity index (χ1v) is 7.81. The van der Waals surface area contributed by atoms with Crippen molar-refractivity contribution in [3.63, 3.8) is 0 Å². The molecule has 1 N–H and O–H groups in total. The molecule has 5 nitrogen and oxygen atoms in total. The Bertz CT molecular complexity index is 582. The molecular weight excluding hydrogens is 262 g/mol. The number of hydrogen-bond acceptors (Lipinski definition) is 3. The molecule has 1 atom stereocenters. The van der Waals surface area contributed by atoms with E-state index in [0.717, 1.165) is 31.6 Å². The molecule has 1 unspecified atom stereocenters. The summed E-state index contributed by atoms with van der Waals surface area (Å²) in [6, 6.07) is 0.298. The maximum Gasteiger partial charge on any atom is 0.0629 e. The molecule has 21 heavy (non-hydrogen) atoms. The van der Waals surface area contributed by atoms with Gasteiger partial charge in [0.2, 0.25) is 0 Å². The maximum atomic E-state index is 4.53. The second kappa shape index (κ2) is 6.89. The minimum atomic E-state index is 0.298. The van der Waals surface area contributed by atoms with Crippen LogP contribution in [-0.4, -0.2) is 26.1 Å². The van der Waals surface area contributed by atoms with Crippen LogP contribution >= 0.6 is 0 Å². The van der Waals surface area contributed by atoms with Gasteiger partial charge in [0.15, 0.2) is 0 Å². The van der Waals surface area contributed by atoms with Crippen molar-refractivity contribution in [2.45, 2.75) is 53.1 Å². The average molecular weight is 289 g/mol. The van der Waals surface area contributed by atoms with Crippen molar-refractivity contribution in [3.8, 4) is 0 Å². The standard InChI is InChI=1S/C16H27N5/c1-6-8-17-16(14-10-18-21(7-2)11-14)9-15-12(3)19-20(5)13(15)4/h10-11,16-17H,6-9H2,1-5H3. The van der Waals surface area contributed by atoms with Gasteiger partial charge >= 0.3 is 0 Å². The van der Waals surface area contributed by atoms with Gasteiger partial charge in [-0.3, -0.25) is 9.36 Å². The third-order valence-electron chi connectivity index (χ3n) is 4.09. The summed E-state index contributed by atoms with van der Waals surface area (Å²) in [5, 5.41) is 12.6. The molecule has 0 spiro atoms. The van der Waals surface area contributed by atoms with E-state index in [0.29, 0.717) is 6.04 Å². The Morgan fingerprint density at radius 2 is 2.05 bits per heavy atom. The fourth-order valence-corrected chi connectivity index (χ4v) is 2.68. The summed E-state index contributed by atoms with van der Waals surface area (Å²) >= 11 is 0. The smallest absolute Gasteiger partial charge is 0.0629 e. The second-order valence-electron chi connectivity index (χ2n) is 5.61. The van der Waals surface area contributed by atoms with Crippen molar-refractivity contribution in [3.05, 3.63) is 34.9 Å². The number of rotatable bonds is 7. The molecule has 2 rings (SSSR count). The molecule has 0 saturated heterocycles. The summed E-state index contributed by atoms with van der Waals surface area (Å²) in [5.41, 5.74) is 4.98. The lowest BCUT2D eigenvalue weighted by atomic mass is 10.00. The first-order valence-electron chi connectivity index (χ1n) is 7.81. The second-order valence-corrected chi connectivity index (χ2v) is 5.61. The van der Waals surface area contributed by atoms with Crippen molar-refractivity contribution < 1.29 is 0 Å². The summed E-state index contributed by atoms with van der Waals surface area (Å²) in [7, 11) is 2.01. The lowest BCUT2D eigenvalue weighted by Crippen LogP contribution is -2.24. The zero-order chi connectivity index (χ0) is 15.4. The number of aromatic nitrogens is 4. The minimum absolute atomic E-state index is 0.298. The van der Waals surface area contributed by atoms with Gasteiger partial charge in [-0.2, -0.15) is 10.2 Å². The van der Waals surface area contributed by atoms with Gasteiger partial charge in [0.05, 0.1) is 11.9 Å². The van der Waals surface area contributed by atoms with E-state index < -0.39 is 0 Å². The van der Waals surface area contributed by atoms with Crippen LogP contribution in [0.15, 0.2) is 12.4 Å². The molecule has 116 valence electrons. The molecule has 0 radical (unpaired) electrons. The summed E-state index contributed by atoms with van der Waals surface area (Å²) in [4.78, 5) is 0. The largest absolute Gasteiger partial charge is 0.310 e. The quantitative estimate of drug-likeness (QED) is 0.852. The van der Waals surface area contributed by atoms with Gasteiger partial charge in [-0.15, -0.1) is 0 Å². The third kappa shape index (κ3) is 3.53. The molecule has 2 aromatic heterocycles. The molecular formula is C16H27N5. The van der Waals surface area contributed by atoms with Crippen LogP contribution in [0.3, 0.4) is 0 Å². The van der Waals surface area contributed by atoms with E-state index in [1.807, 2.05) is 22.6 Å². The average Bonchev–Trinajstić information content (AvgIpc) is 3.03. The van der Waals surface area contributed by atoms with E-state index in [1.165, 1.54) is 16.8 Å². The lowest BCUT2D eigenvalue weighted by molar-refractivity contribution is 0.526. The molecule has 0 fully saturated rings. The third-order valence-corrected chi connectivity index (χ3v) is 4.09. The van der Waals surface area contributed by atoms with E-state index >= 15 is 0 Å². The maximum absolute atomic E-state index is 4.53. The monoisotopic (exact) mass is 289 g/mol. The molecule has 2 aromatic rings. The zero-order valence-corrected chi connectivity index (χ0v) is 13.8. The first kappa shape index (κ1) is 15.8. The van der Waals surface area contributed by atoms with Crippen LogP contribution in [0.4, 0.5) is 0 Å². The van der Waals surface area contributed by atoms with Crippen molar-refractivity contribution in [1.82, 2.24) is 24.9 Å². The van der Waals surface area contributed by atoms with E-state index in [-0.39, 0.29) is 0 Å². The van der Waals surface area contributed by atoms with Crippen molar-refractivity contribution in [2.24, 2.45) is 7.05 Å². The fourth-order valence-electron chi connectivity index (χ4n) is 2.68. The van der Waals surface area contributed by atoms with Crippen LogP contribution in [-0.2, 0) is 20.0 Å². The highest BCUT2D eigenvalue weighted by atomic mass is 15.3. The molecule has 0 aliphatic carbocycles. The minimum Gasteiger partial charge on any atom is -0.310 e. The number of aryl methyl sites for hydroxylation is 3. The summed E-state index contributed by atoms with van der Waals surface area (Å²) in [5.74, 6) is 0. The van der Waals surface area contributed by atoms with Gasteiger partial charge in [0.25, 0.3) is 0 Å². The summed E-state index contributed by atoms with van der Waals surface area (Å²) < 4.78 is 3.95. The van der Waals surface area contributed by atoms with Crippen LogP contribution in [0.2, 0.25) is 0 Å². The molecule has 0 bridgehead atoms. The molecule has 0 amide bonds. The Morgan fingerprint density at radius 3 is 2.57 bits per heavy atom. The van der Waals surface area contributed by atoms with Gasteiger partial charge < -0.3 is 5.32 Å². The predicted molar refractivity (Wildman–Crippen MR) is 85.3 cm³/mol. The first-order chi connectivity index (χ1) is 10.1. The molecule has 5 heteroatoms. The van der Waals surface area contributed by atoms with Crippen molar-refractivity contribution in [2.75, 3.05) is 6.54 Å². The molecule has 0 saturated carbocycles. The Labute approximate surface area is 127 Å². The lowest BCUT2D eigenvalue weighted by Gasteiger charge is -2.17. The van der Waals surface area contributed by atoms with Crippen LogP contribution in [0.25, 0.3) is 0 Å². The van der Waals surface area contributed by atoms with E-state index in [9.17, 15) is 0 Å². The zero-order valence-electron chi connectivity index (χ0n) is 13.8. The fraction of sp³-hybridized carbons (Fsp3) is 0.625. The van der Waals surface area contributed by atoms with Crippen LogP contribution in [0.5, 0.6) is 0 Å². The Kier molecular flexibility index (Phi) is 5.17. The van der Waals surface area contributed by atoms with Gasteiger partial charge in [-0.05, 0) is 45.7 Å². The normalized spacial score (nSPS) is 12.8. The molecule has 2 heterocycles. The van der Waals surface area contributed by atoms with Crippen LogP contribution < -0.4 is 5.32 Å². The summed E-state index contributed by atoms with van der Waals surface area (Å²) in [6.07, 6.45) is 6.22. The van der Waals surface area contributed by atoms with E-state index in [1.54, 1.807) is 0 Å². The van der Waals surface area contributed by atoms with Gasteiger partial charge in [-0.1, -0.05) is 6.92 Å². The topological polar surface area (TPSA) is 47.7 Å². The Hall–Kier alpha value is -1.62. The number of hydrogen-bond donors (Lipinski definition) is 1. The predicted octanol–water partition coefficient (Wildman–Crippen LogP) is 2.54. The van der Waals surface area contributed by atoms with Crippen LogP contribution in [0, 0.1) is 13.8 Å². The Balaban J connectivity index is 2.23. The van der Waals surface area contributed by atoms with E-state index in [2.05, 4.69) is 49.4 Å². The highest BCUT2D eigenvalue weighted by molar-refractivity contribution is 5.27. The van der Waals surface area contributed by atoms with Crippen molar-refractivity contribution in [1.29, 1.82) is 0 Å². The SMILES string of the molecule is CCCNC(Cc1c(C)nn(C)c1C)c1cnn(CC)c1.